The Bertz CT molecular complexity index is 844. The van der Waals surface area contributed by atoms with E-state index >= 15 is 0 Å². The van der Waals surface area contributed by atoms with Gasteiger partial charge in [-0.15, -0.1) is 5.10 Å². The molecule has 0 saturated heterocycles. The van der Waals surface area contributed by atoms with Gasteiger partial charge in [-0.2, -0.15) is 0 Å². The standard InChI is InChI=1S/C18H19N5O2/c1-13-6-8-15(9-7-13)25-11-10-18(24)20-16-4-3-5-17(14(16)2)23-12-19-21-22-23/h3-9,12H,10-11H2,1-2H3,(H,20,24). The highest BCUT2D eigenvalue weighted by Crippen LogP contribution is 2.21. The second kappa shape index (κ2) is 7.57. The molecule has 0 aliphatic heterocycles. The predicted molar refractivity (Wildman–Crippen MR) is 93.8 cm³/mol. The van der Waals surface area contributed by atoms with Crippen LogP contribution in [0.5, 0.6) is 5.75 Å². The van der Waals surface area contributed by atoms with E-state index in [0.29, 0.717) is 6.61 Å². The second-order valence-electron chi connectivity index (χ2n) is 5.66. The van der Waals surface area contributed by atoms with Crippen LogP contribution in [0.2, 0.25) is 0 Å². The van der Waals surface area contributed by atoms with Crippen LogP contribution in [0.25, 0.3) is 5.69 Å². The molecule has 0 saturated carbocycles. The Hall–Kier alpha value is -3.22. The van der Waals surface area contributed by atoms with Gasteiger partial charge in [-0.05, 0) is 54.1 Å². The molecule has 0 unspecified atom stereocenters. The Morgan fingerprint density at radius 2 is 1.96 bits per heavy atom. The summed E-state index contributed by atoms with van der Waals surface area (Å²) in [6.07, 6.45) is 1.78. The highest BCUT2D eigenvalue weighted by Gasteiger charge is 2.10. The van der Waals surface area contributed by atoms with Crippen molar-refractivity contribution in [1.82, 2.24) is 20.2 Å². The molecule has 1 heterocycles. The number of anilines is 1. The first-order valence-electron chi connectivity index (χ1n) is 7.96. The molecule has 7 heteroatoms. The summed E-state index contributed by atoms with van der Waals surface area (Å²) >= 11 is 0. The number of benzene rings is 2. The highest BCUT2D eigenvalue weighted by molar-refractivity contribution is 5.92. The number of aryl methyl sites for hydroxylation is 1. The molecule has 128 valence electrons. The van der Waals surface area contributed by atoms with E-state index in [2.05, 4.69) is 20.8 Å². The largest absolute Gasteiger partial charge is 0.493 e. The number of ether oxygens (including phenoxy) is 1. The van der Waals surface area contributed by atoms with Crippen LogP contribution in [0.4, 0.5) is 5.69 Å². The first-order chi connectivity index (χ1) is 12.1. The van der Waals surface area contributed by atoms with Gasteiger partial charge in [0.25, 0.3) is 0 Å². The third-order valence-corrected chi connectivity index (χ3v) is 3.79. The van der Waals surface area contributed by atoms with Gasteiger partial charge >= 0.3 is 0 Å². The van der Waals surface area contributed by atoms with E-state index in [9.17, 15) is 4.79 Å². The minimum Gasteiger partial charge on any atom is -0.493 e. The Kier molecular flexibility index (Phi) is 5.03. The number of hydrogen-bond donors (Lipinski definition) is 1. The molecule has 0 bridgehead atoms. The number of nitrogens with one attached hydrogen (secondary N) is 1. The summed E-state index contributed by atoms with van der Waals surface area (Å²) in [6.45, 7) is 4.25. The lowest BCUT2D eigenvalue weighted by atomic mass is 10.1. The molecule has 1 aromatic heterocycles. The van der Waals surface area contributed by atoms with E-state index in [1.807, 2.05) is 56.3 Å². The van der Waals surface area contributed by atoms with Gasteiger partial charge in [-0.25, -0.2) is 4.68 Å². The minimum absolute atomic E-state index is 0.107. The molecular weight excluding hydrogens is 318 g/mol. The van der Waals surface area contributed by atoms with Crippen LogP contribution in [0.1, 0.15) is 17.5 Å². The first kappa shape index (κ1) is 16.6. The quantitative estimate of drug-likeness (QED) is 0.748. The fourth-order valence-electron chi connectivity index (χ4n) is 2.39. The van der Waals surface area contributed by atoms with Gasteiger partial charge in [0, 0.05) is 5.69 Å². The maximum atomic E-state index is 12.2. The molecule has 1 N–H and O–H groups in total. The van der Waals surface area contributed by atoms with Gasteiger partial charge in [0.05, 0.1) is 18.7 Å². The number of aromatic nitrogens is 4. The van der Waals surface area contributed by atoms with E-state index in [1.54, 1.807) is 4.68 Å². The molecule has 25 heavy (non-hydrogen) atoms. The molecule has 3 rings (SSSR count). The number of amides is 1. The molecule has 0 radical (unpaired) electrons. The second-order valence-corrected chi connectivity index (χ2v) is 5.66. The SMILES string of the molecule is Cc1ccc(OCCC(=O)Nc2cccc(-n3cnnn3)c2C)cc1. The molecule has 0 aliphatic carbocycles. The third kappa shape index (κ3) is 4.20. The van der Waals surface area contributed by atoms with Crippen LogP contribution in [-0.2, 0) is 4.79 Å². The van der Waals surface area contributed by atoms with Crippen molar-refractivity contribution in [3.05, 3.63) is 59.9 Å². The zero-order chi connectivity index (χ0) is 17.6. The zero-order valence-corrected chi connectivity index (χ0v) is 14.1. The number of carbonyl (C=O) groups is 1. The predicted octanol–water partition coefficient (Wildman–Crippen LogP) is 2.69. The molecule has 3 aromatic rings. The normalized spacial score (nSPS) is 10.5. The summed E-state index contributed by atoms with van der Waals surface area (Å²) in [4.78, 5) is 12.2. The maximum Gasteiger partial charge on any atom is 0.227 e. The zero-order valence-electron chi connectivity index (χ0n) is 14.1. The van der Waals surface area contributed by atoms with E-state index < -0.39 is 0 Å². The molecular formula is C18H19N5O2. The van der Waals surface area contributed by atoms with E-state index in [0.717, 1.165) is 22.7 Å². The van der Waals surface area contributed by atoms with Crippen LogP contribution >= 0.6 is 0 Å². The van der Waals surface area contributed by atoms with Crippen LogP contribution in [0, 0.1) is 13.8 Å². The Morgan fingerprint density at radius 1 is 1.16 bits per heavy atom. The Balaban J connectivity index is 1.58. The fraction of sp³-hybridized carbons (Fsp3) is 0.222. The average Bonchev–Trinajstić information content (AvgIpc) is 3.13. The van der Waals surface area contributed by atoms with E-state index in [4.69, 9.17) is 4.74 Å². The van der Waals surface area contributed by atoms with Crippen molar-refractivity contribution in [2.45, 2.75) is 20.3 Å². The Labute approximate surface area is 145 Å². The molecule has 7 nitrogen and oxygen atoms in total. The summed E-state index contributed by atoms with van der Waals surface area (Å²) in [6, 6.07) is 13.3. The molecule has 2 aromatic carbocycles. The minimum atomic E-state index is -0.107. The van der Waals surface area contributed by atoms with E-state index in [1.165, 1.54) is 11.9 Å². The average molecular weight is 337 g/mol. The Morgan fingerprint density at radius 3 is 2.68 bits per heavy atom. The lowest BCUT2D eigenvalue weighted by molar-refractivity contribution is -0.116. The molecule has 0 atom stereocenters. The van der Waals surface area contributed by atoms with Crippen molar-refractivity contribution in [3.8, 4) is 11.4 Å². The molecule has 1 amide bonds. The summed E-state index contributed by atoms with van der Waals surface area (Å²) in [5.74, 6) is 0.652. The maximum absolute atomic E-state index is 12.2. The van der Waals surface area contributed by atoms with Crippen molar-refractivity contribution in [2.75, 3.05) is 11.9 Å². The van der Waals surface area contributed by atoms with Gasteiger partial charge in [0.2, 0.25) is 5.91 Å². The summed E-state index contributed by atoms with van der Waals surface area (Å²) < 4.78 is 7.15. The van der Waals surface area contributed by atoms with Gasteiger partial charge in [0.15, 0.2) is 0 Å². The number of tetrazole rings is 1. The van der Waals surface area contributed by atoms with Gasteiger partial charge in [-0.3, -0.25) is 4.79 Å². The highest BCUT2D eigenvalue weighted by atomic mass is 16.5. The van der Waals surface area contributed by atoms with Crippen LogP contribution in [0.15, 0.2) is 48.8 Å². The number of rotatable bonds is 6. The number of nitrogens with zero attached hydrogens (tertiary/aromatic N) is 4. The van der Waals surface area contributed by atoms with Crippen molar-refractivity contribution < 1.29 is 9.53 Å². The number of hydrogen-bond acceptors (Lipinski definition) is 5. The first-order valence-corrected chi connectivity index (χ1v) is 7.96. The lowest BCUT2D eigenvalue weighted by Crippen LogP contribution is -2.16. The van der Waals surface area contributed by atoms with Crippen LogP contribution < -0.4 is 10.1 Å². The third-order valence-electron chi connectivity index (χ3n) is 3.79. The van der Waals surface area contributed by atoms with Crippen molar-refractivity contribution >= 4 is 11.6 Å². The van der Waals surface area contributed by atoms with Crippen LogP contribution in [-0.4, -0.2) is 32.7 Å². The monoisotopic (exact) mass is 337 g/mol. The van der Waals surface area contributed by atoms with Gasteiger partial charge < -0.3 is 10.1 Å². The lowest BCUT2D eigenvalue weighted by Gasteiger charge is -2.12. The van der Waals surface area contributed by atoms with Crippen LogP contribution in [0.3, 0.4) is 0 Å². The van der Waals surface area contributed by atoms with Gasteiger partial charge in [0.1, 0.15) is 12.1 Å². The van der Waals surface area contributed by atoms with Crippen molar-refractivity contribution in [3.63, 3.8) is 0 Å². The fourth-order valence-corrected chi connectivity index (χ4v) is 2.39. The molecule has 0 fully saturated rings. The van der Waals surface area contributed by atoms with Crippen molar-refractivity contribution in [1.29, 1.82) is 0 Å². The van der Waals surface area contributed by atoms with E-state index in [-0.39, 0.29) is 12.3 Å². The molecule has 0 aliphatic rings. The van der Waals surface area contributed by atoms with Gasteiger partial charge in [-0.1, -0.05) is 23.8 Å². The topological polar surface area (TPSA) is 81.9 Å². The summed E-state index contributed by atoms with van der Waals surface area (Å²) in [5.41, 5.74) is 3.61. The van der Waals surface area contributed by atoms with Crippen molar-refractivity contribution in [2.24, 2.45) is 0 Å². The smallest absolute Gasteiger partial charge is 0.227 e. The number of carbonyl (C=O) groups excluding carboxylic acids is 1. The summed E-state index contributed by atoms with van der Waals surface area (Å²) in [7, 11) is 0. The molecule has 0 spiro atoms. The summed E-state index contributed by atoms with van der Waals surface area (Å²) in [5, 5.41) is 14.1.